The van der Waals surface area contributed by atoms with E-state index in [0.29, 0.717) is 15.6 Å². The lowest BCUT2D eigenvalue weighted by Crippen LogP contribution is -2.12. The Balaban J connectivity index is 2.22. The van der Waals surface area contributed by atoms with Gasteiger partial charge in [0.15, 0.2) is 5.78 Å². The lowest BCUT2D eigenvalue weighted by Gasteiger charge is -2.07. The van der Waals surface area contributed by atoms with Gasteiger partial charge in [0, 0.05) is 29.4 Å². The predicted molar refractivity (Wildman–Crippen MR) is 72.4 cm³/mol. The predicted octanol–water partition coefficient (Wildman–Crippen LogP) is 3.64. The number of benzene rings is 1. The molecule has 5 heteroatoms. The van der Waals surface area contributed by atoms with Crippen LogP contribution >= 0.6 is 23.2 Å². The first-order valence-electron chi connectivity index (χ1n) is 5.60. The van der Waals surface area contributed by atoms with Crippen LogP contribution in [0, 0.1) is 0 Å². The van der Waals surface area contributed by atoms with Crippen molar-refractivity contribution in [3.63, 3.8) is 0 Å². The van der Waals surface area contributed by atoms with E-state index in [1.54, 1.807) is 30.6 Å². The lowest BCUT2D eigenvalue weighted by molar-refractivity contribution is 0.0971. The maximum absolute atomic E-state index is 12.1. The quantitative estimate of drug-likeness (QED) is 0.803. The number of imidazole rings is 1. The van der Waals surface area contributed by atoms with Gasteiger partial charge in [0.1, 0.15) is 5.82 Å². The zero-order valence-corrected chi connectivity index (χ0v) is 11.4. The van der Waals surface area contributed by atoms with Crippen molar-refractivity contribution in [1.82, 2.24) is 9.55 Å². The van der Waals surface area contributed by atoms with Gasteiger partial charge in [-0.15, -0.1) is 0 Å². The van der Waals surface area contributed by atoms with Crippen molar-refractivity contribution in [2.75, 3.05) is 0 Å². The fraction of sp³-hybridized carbons (Fsp3) is 0.231. The lowest BCUT2D eigenvalue weighted by atomic mass is 10.1. The van der Waals surface area contributed by atoms with Crippen molar-refractivity contribution < 1.29 is 4.79 Å². The number of halogens is 2. The van der Waals surface area contributed by atoms with E-state index in [1.807, 2.05) is 11.5 Å². The highest BCUT2D eigenvalue weighted by Crippen LogP contribution is 2.21. The van der Waals surface area contributed by atoms with Gasteiger partial charge in [-0.1, -0.05) is 30.1 Å². The van der Waals surface area contributed by atoms with Crippen molar-refractivity contribution >= 4 is 29.0 Å². The molecule has 0 atom stereocenters. The number of carbonyl (C=O) groups is 1. The van der Waals surface area contributed by atoms with Gasteiger partial charge >= 0.3 is 0 Å². The standard InChI is InChI=1S/C13H12Cl2N2O/c1-2-13-16-5-6-17(13)8-12(18)10-4-3-9(14)7-11(10)15/h3-7H,2,8H2,1H3. The van der Waals surface area contributed by atoms with Crippen LogP contribution in [0.15, 0.2) is 30.6 Å². The van der Waals surface area contributed by atoms with Gasteiger partial charge in [-0.25, -0.2) is 4.98 Å². The van der Waals surface area contributed by atoms with Crippen molar-refractivity contribution in [3.05, 3.63) is 52.0 Å². The summed E-state index contributed by atoms with van der Waals surface area (Å²) >= 11 is 11.8. The minimum absolute atomic E-state index is 0.0515. The zero-order valence-electron chi connectivity index (χ0n) is 9.86. The summed E-state index contributed by atoms with van der Waals surface area (Å²) in [4.78, 5) is 16.3. The van der Waals surface area contributed by atoms with Gasteiger partial charge in [-0.2, -0.15) is 0 Å². The topological polar surface area (TPSA) is 34.9 Å². The number of rotatable bonds is 4. The van der Waals surface area contributed by atoms with Crippen molar-refractivity contribution in [2.24, 2.45) is 0 Å². The molecular formula is C13H12Cl2N2O. The average molecular weight is 283 g/mol. The highest BCUT2D eigenvalue weighted by Gasteiger charge is 2.12. The SMILES string of the molecule is CCc1nccn1CC(=O)c1ccc(Cl)cc1Cl. The van der Waals surface area contributed by atoms with Crippen LogP contribution in [0.1, 0.15) is 23.1 Å². The number of nitrogens with zero attached hydrogens (tertiary/aromatic N) is 2. The van der Waals surface area contributed by atoms with Gasteiger partial charge in [0.2, 0.25) is 0 Å². The van der Waals surface area contributed by atoms with Gasteiger partial charge in [0.25, 0.3) is 0 Å². The van der Waals surface area contributed by atoms with Crippen molar-refractivity contribution in [2.45, 2.75) is 19.9 Å². The Hall–Kier alpha value is -1.32. The van der Waals surface area contributed by atoms with Crippen LogP contribution in [0.3, 0.4) is 0 Å². The number of ketones is 1. The molecule has 0 N–H and O–H groups in total. The van der Waals surface area contributed by atoms with Crippen LogP contribution in [0.5, 0.6) is 0 Å². The average Bonchev–Trinajstić information content (AvgIpc) is 2.76. The third kappa shape index (κ3) is 2.74. The maximum Gasteiger partial charge on any atom is 0.184 e. The van der Waals surface area contributed by atoms with E-state index in [4.69, 9.17) is 23.2 Å². The third-order valence-corrected chi connectivity index (χ3v) is 3.21. The van der Waals surface area contributed by atoms with Crippen molar-refractivity contribution in [1.29, 1.82) is 0 Å². The molecule has 0 bridgehead atoms. The number of Topliss-reactive ketones (excluding diaryl/α,β-unsaturated/α-hetero) is 1. The zero-order chi connectivity index (χ0) is 13.1. The molecule has 0 unspecified atom stereocenters. The summed E-state index contributed by atoms with van der Waals surface area (Å²) in [7, 11) is 0. The van der Waals surface area contributed by atoms with Crippen LogP contribution in [0.4, 0.5) is 0 Å². The Labute approximate surface area is 115 Å². The molecule has 94 valence electrons. The molecule has 0 amide bonds. The molecule has 0 aliphatic carbocycles. The van der Waals surface area contributed by atoms with E-state index >= 15 is 0 Å². The summed E-state index contributed by atoms with van der Waals surface area (Å²) in [5.41, 5.74) is 0.483. The molecule has 0 saturated carbocycles. The number of carbonyl (C=O) groups excluding carboxylic acids is 1. The van der Waals surface area contributed by atoms with Gasteiger partial charge < -0.3 is 4.57 Å². The van der Waals surface area contributed by atoms with Gasteiger partial charge in [-0.05, 0) is 18.2 Å². The normalized spacial score (nSPS) is 10.6. The Morgan fingerprint density at radius 1 is 1.39 bits per heavy atom. The summed E-state index contributed by atoms with van der Waals surface area (Å²) in [6.45, 7) is 2.24. The fourth-order valence-corrected chi connectivity index (χ4v) is 2.27. The molecule has 0 spiro atoms. The van der Waals surface area contributed by atoms with E-state index in [9.17, 15) is 4.79 Å². The van der Waals surface area contributed by atoms with E-state index in [1.165, 1.54) is 0 Å². The molecule has 0 aliphatic rings. The Kier molecular flexibility index (Phi) is 4.04. The molecule has 0 fully saturated rings. The molecular weight excluding hydrogens is 271 g/mol. The van der Waals surface area contributed by atoms with Crippen LogP contribution in [0.25, 0.3) is 0 Å². The first-order chi connectivity index (χ1) is 8.61. The van der Waals surface area contributed by atoms with E-state index in [0.717, 1.165) is 12.2 Å². The molecule has 2 rings (SSSR count). The third-order valence-electron chi connectivity index (χ3n) is 2.66. The Morgan fingerprint density at radius 3 is 2.83 bits per heavy atom. The van der Waals surface area contributed by atoms with Crippen LogP contribution < -0.4 is 0 Å². The van der Waals surface area contributed by atoms with Gasteiger partial charge in [0.05, 0.1) is 11.6 Å². The summed E-state index contributed by atoms with van der Waals surface area (Å²) in [6.07, 6.45) is 4.27. The molecule has 1 aromatic carbocycles. The Morgan fingerprint density at radius 2 is 2.17 bits per heavy atom. The smallest absolute Gasteiger partial charge is 0.184 e. The number of hydrogen-bond donors (Lipinski definition) is 0. The summed E-state index contributed by atoms with van der Waals surface area (Å²) in [6, 6.07) is 4.88. The summed E-state index contributed by atoms with van der Waals surface area (Å²) < 4.78 is 1.83. The fourth-order valence-electron chi connectivity index (χ4n) is 1.75. The first kappa shape index (κ1) is 13.1. The minimum atomic E-state index is -0.0515. The molecule has 1 aromatic heterocycles. The molecule has 0 radical (unpaired) electrons. The molecule has 3 nitrogen and oxygen atoms in total. The van der Waals surface area contributed by atoms with E-state index < -0.39 is 0 Å². The van der Waals surface area contributed by atoms with E-state index in [-0.39, 0.29) is 12.3 Å². The second kappa shape index (κ2) is 5.55. The van der Waals surface area contributed by atoms with Crippen LogP contribution in [0.2, 0.25) is 10.0 Å². The number of aromatic nitrogens is 2. The maximum atomic E-state index is 12.1. The van der Waals surface area contributed by atoms with Crippen LogP contribution in [-0.2, 0) is 13.0 Å². The first-order valence-corrected chi connectivity index (χ1v) is 6.35. The highest BCUT2D eigenvalue weighted by molar-refractivity contribution is 6.36. The van der Waals surface area contributed by atoms with Crippen LogP contribution in [-0.4, -0.2) is 15.3 Å². The summed E-state index contributed by atoms with van der Waals surface area (Å²) in [5, 5.41) is 0.902. The molecule has 18 heavy (non-hydrogen) atoms. The second-order valence-corrected chi connectivity index (χ2v) is 4.72. The Bertz CT molecular complexity index is 578. The summed E-state index contributed by atoms with van der Waals surface area (Å²) in [5.74, 6) is 0.831. The number of hydrogen-bond acceptors (Lipinski definition) is 2. The minimum Gasteiger partial charge on any atom is -0.327 e. The molecule has 0 saturated heterocycles. The monoisotopic (exact) mass is 282 g/mol. The van der Waals surface area contributed by atoms with E-state index in [2.05, 4.69) is 4.98 Å². The molecule has 1 heterocycles. The van der Waals surface area contributed by atoms with Crippen molar-refractivity contribution in [3.8, 4) is 0 Å². The second-order valence-electron chi connectivity index (χ2n) is 3.87. The highest BCUT2D eigenvalue weighted by atomic mass is 35.5. The van der Waals surface area contributed by atoms with Gasteiger partial charge in [-0.3, -0.25) is 4.79 Å². The molecule has 0 aliphatic heterocycles. The largest absolute Gasteiger partial charge is 0.327 e. The molecule has 2 aromatic rings. The number of aryl methyl sites for hydroxylation is 1.